The Morgan fingerprint density at radius 2 is 2.00 bits per heavy atom. The van der Waals surface area contributed by atoms with Crippen LogP contribution in [-0.2, 0) is 10.3 Å². The number of anilines is 1. The maximum atomic E-state index is 13.6. The highest BCUT2D eigenvalue weighted by Crippen LogP contribution is 2.49. The van der Waals surface area contributed by atoms with Crippen molar-refractivity contribution in [2.24, 2.45) is 0 Å². The van der Waals surface area contributed by atoms with Gasteiger partial charge in [-0.25, -0.2) is 0 Å². The smallest absolute Gasteiger partial charge is 0.252 e. The lowest BCUT2D eigenvalue weighted by Crippen LogP contribution is -2.48. The second kappa shape index (κ2) is 9.37. The fourth-order valence-corrected chi connectivity index (χ4v) is 5.35. The molecule has 0 bridgehead atoms. The predicted octanol–water partition coefficient (Wildman–Crippen LogP) is 3.88. The Morgan fingerprint density at radius 3 is 2.72 bits per heavy atom. The molecule has 2 saturated heterocycles. The van der Waals surface area contributed by atoms with E-state index in [0.29, 0.717) is 18.2 Å². The maximum absolute atomic E-state index is 13.6. The van der Waals surface area contributed by atoms with Crippen LogP contribution in [-0.4, -0.2) is 68.3 Å². The van der Waals surface area contributed by atoms with E-state index in [-0.39, 0.29) is 11.4 Å². The number of hydrogen-bond donors (Lipinski definition) is 1. The van der Waals surface area contributed by atoms with Crippen molar-refractivity contribution in [1.82, 2.24) is 15.2 Å². The van der Waals surface area contributed by atoms with Gasteiger partial charge in [0.1, 0.15) is 12.4 Å². The van der Waals surface area contributed by atoms with Crippen molar-refractivity contribution in [3.63, 3.8) is 0 Å². The lowest BCUT2D eigenvalue weighted by atomic mass is 9.97. The first-order chi connectivity index (χ1) is 17.5. The summed E-state index contributed by atoms with van der Waals surface area (Å²) in [7, 11) is 2.12. The van der Waals surface area contributed by atoms with E-state index in [9.17, 15) is 4.79 Å². The summed E-state index contributed by atoms with van der Waals surface area (Å²) < 4.78 is 11.6. The van der Waals surface area contributed by atoms with Crippen LogP contribution >= 0.6 is 0 Å². The van der Waals surface area contributed by atoms with Crippen LogP contribution in [0.1, 0.15) is 40.7 Å². The molecule has 3 heterocycles. The van der Waals surface area contributed by atoms with Gasteiger partial charge in [0, 0.05) is 42.0 Å². The zero-order valence-electron chi connectivity index (χ0n) is 21.1. The Balaban J connectivity index is 1.27. The van der Waals surface area contributed by atoms with Gasteiger partial charge in [0.05, 0.1) is 24.3 Å². The van der Waals surface area contributed by atoms with E-state index in [4.69, 9.17) is 9.47 Å². The number of ether oxygens (including phenoxy) is 2. The summed E-state index contributed by atoms with van der Waals surface area (Å²) in [6, 6.07) is 14.8. The number of likely N-dealkylation sites (N-methyl/N-ethyl adjacent to an activating group) is 1. The summed E-state index contributed by atoms with van der Waals surface area (Å²) in [6.45, 7) is 6.93. The number of aromatic nitrogens is 1. The number of carbonyl (C=O) groups is 1. The predicted molar refractivity (Wildman–Crippen MR) is 141 cm³/mol. The zero-order valence-corrected chi connectivity index (χ0v) is 21.1. The molecule has 3 aliphatic rings. The Hall–Kier alpha value is -3.16. The molecule has 188 valence electrons. The molecule has 1 N–H and O–H groups in total. The van der Waals surface area contributed by atoms with Gasteiger partial charge in [0.25, 0.3) is 5.91 Å². The number of pyridine rings is 1. The first-order valence-electron chi connectivity index (χ1n) is 13.0. The highest BCUT2D eigenvalue weighted by molar-refractivity contribution is 5.97. The average molecular weight is 487 g/mol. The number of amides is 1. The minimum Gasteiger partial charge on any atom is -0.492 e. The quantitative estimate of drug-likeness (QED) is 0.547. The molecule has 1 atom stereocenters. The molecular weight excluding hydrogens is 452 g/mol. The van der Waals surface area contributed by atoms with Crippen molar-refractivity contribution < 1.29 is 14.3 Å². The number of nitrogens with one attached hydrogen (secondary N) is 1. The van der Waals surface area contributed by atoms with E-state index in [2.05, 4.69) is 45.3 Å². The summed E-state index contributed by atoms with van der Waals surface area (Å²) in [4.78, 5) is 22.9. The fraction of sp³-hybridized carbons (Fsp3) is 0.448. The molecule has 7 heteroatoms. The maximum Gasteiger partial charge on any atom is 0.252 e. The summed E-state index contributed by atoms with van der Waals surface area (Å²) >= 11 is 0. The van der Waals surface area contributed by atoms with Crippen LogP contribution in [0.5, 0.6) is 5.75 Å². The third kappa shape index (κ3) is 4.42. The van der Waals surface area contributed by atoms with Gasteiger partial charge in [0.2, 0.25) is 0 Å². The van der Waals surface area contributed by atoms with Crippen LogP contribution in [0.15, 0.2) is 48.7 Å². The van der Waals surface area contributed by atoms with E-state index in [0.717, 1.165) is 85.6 Å². The van der Waals surface area contributed by atoms with Gasteiger partial charge in [0.15, 0.2) is 0 Å². The summed E-state index contributed by atoms with van der Waals surface area (Å²) in [5.74, 6) is 0.699. The largest absolute Gasteiger partial charge is 0.492 e. The van der Waals surface area contributed by atoms with Gasteiger partial charge in [-0.3, -0.25) is 14.7 Å². The van der Waals surface area contributed by atoms with E-state index >= 15 is 0 Å². The van der Waals surface area contributed by atoms with Crippen molar-refractivity contribution in [3.8, 4) is 5.75 Å². The van der Waals surface area contributed by atoms with Crippen LogP contribution < -0.4 is 15.0 Å². The molecule has 7 nitrogen and oxygen atoms in total. The van der Waals surface area contributed by atoms with Crippen molar-refractivity contribution in [2.75, 3.05) is 51.4 Å². The molecule has 1 aromatic heterocycles. The first kappa shape index (κ1) is 23.3. The standard InChI is InChI=1S/C29H34N4O3/c1-20-5-6-23(36-19-21-7-11-32(21)2)18-25(20)28(34)31-29(8-9-29)26-16-22(33-12-14-35-15-13-33)17-27-24(26)4-3-10-30-27/h3-6,10,16-18,21H,7-9,11-15,19H2,1-2H3,(H,31,34)/t21-/m0/s1. The topological polar surface area (TPSA) is 66.9 Å². The van der Waals surface area contributed by atoms with Crippen LogP contribution in [0, 0.1) is 6.92 Å². The second-order valence-electron chi connectivity index (χ2n) is 10.4. The molecule has 36 heavy (non-hydrogen) atoms. The number of nitrogens with zero attached hydrogens (tertiary/aromatic N) is 3. The van der Waals surface area contributed by atoms with Gasteiger partial charge < -0.3 is 19.7 Å². The van der Waals surface area contributed by atoms with Crippen molar-refractivity contribution in [1.29, 1.82) is 0 Å². The van der Waals surface area contributed by atoms with Crippen molar-refractivity contribution in [3.05, 3.63) is 65.4 Å². The Bertz CT molecular complexity index is 1280. The van der Waals surface area contributed by atoms with Crippen LogP contribution in [0.4, 0.5) is 5.69 Å². The Kier molecular flexibility index (Phi) is 6.05. The Labute approximate surface area is 212 Å². The number of likely N-dealkylation sites (tertiary alicyclic amines) is 1. The SMILES string of the molecule is Cc1ccc(OC[C@@H]2CCN2C)cc1C(=O)NC1(c2cc(N3CCOCC3)cc3ncccc23)CC1. The van der Waals surface area contributed by atoms with E-state index in [1.165, 1.54) is 0 Å². The molecule has 0 unspecified atom stereocenters. The number of benzene rings is 2. The number of morpholine rings is 1. The second-order valence-corrected chi connectivity index (χ2v) is 10.4. The molecule has 1 aliphatic carbocycles. The molecule has 3 aromatic rings. The highest BCUT2D eigenvalue weighted by atomic mass is 16.5. The van der Waals surface area contributed by atoms with Gasteiger partial charge in [-0.2, -0.15) is 0 Å². The number of aryl methyl sites for hydroxylation is 1. The van der Waals surface area contributed by atoms with E-state index in [1.807, 2.05) is 37.4 Å². The van der Waals surface area contributed by atoms with Crippen molar-refractivity contribution >= 4 is 22.5 Å². The van der Waals surface area contributed by atoms with Crippen LogP contribution in [0.2, 0.25) is 0 Å². The lowest BCUT2D eigenvalue weighted by Gasteiger charge is -2.37. The molecule has 3 fully saturated rings. The molecule has 0 spiro atoms. The third-order valence-electron chi connectivity index (χ3n) is 8.03. The number of fused-ring (bicyclic) bond motifs is 1. The van der Waals surface area contributed by atoms with E-state index in [1.54, 1.807) is 0 Å². The van der Waals surface area contributed by atoms with Gasteiger partial charge in [-0.1, -0.05) is 12.1 Å². The number of rotatable bonds is 7. The average Bonchev–Trinajstić information content (AvgIpc) is 3.68. The first-order valence-corrected chi connectivity index (χ1v) is 13.0. The number of carbonyl (C=O) groups excluding carboxylic acids is 1. The molecule has 2 aromatic carbocycles. The molecule has 0 radical (unpaired) electrons. The molecular formula is C29H34N4O3. The molecule has 2 aliphatic heterocycles. The number of hydrogen-bond acceptors (Lipinski definition) is 6. The van der Waals surface area contributed by atoms with Gasteiger partial charge >= 0.3 is 0 Å². The molecule has 1 saturated carbocycles. The highest BCUT2D eigenvalue weighted by Gasteiger charge is 2.47. The zero-order chi connectivity index (χ0) is 24.7. The summed E-state index contributed by atoms with van der Waals surface area (Å²) in [6.07, 6.45) is 4.82. The Morgan fingerprint density at radius 1 is 1.17 bits per heavy atom. The molecule has 1 amide bonds. The normalized spacial score (nSPS) is 21.2. The minimum atomic E-state index is -0.376. The van der Waals surface area contributed by atoms with Gasteiger partial charge in [-0.15, -0.1) is 0 Å². The summed E-state index contributed by atoms with van der Waals surface area (Å²) in [5.41, 5.74) is 4.51. The van der Waals surface area contributed by atoms with Crippen molar-refractivity contribution in [2.45, 2.75) is 37.8 Å². The monoisotopic (exact) mass is 486 g/mol. The molecule has 6 rings (SSSR count). The lowest BCUT2D eigenvalue weighted by molar-refractivity contribution is 0.0767. The van der Waals surface area contributed by atoms with Crippen LogP contribution in [0.25, 0.3) is 10.9 Å². The van der Waals surface area contributed by atoms with Crippen LogP contribution in [0.3, 0.4) is 0 Å². The van der Waals surface area contributed by atoms with Gasteiger partial charge in [-0.05, 0) is 81.2 Å². The van der Waals surface area contributed by atoms with E-state index < -0.39 is 0 Å². The summed E-state index contributed by atoms with van der Waals surface area (Å²) in [5, 5.41) is 4.51. The minimum absolute atomic E-state index is 0.0509. The fourth-order valence-electron chi connectivity index (χ4n) is 5.35. The third-order valence-corrected chi connectivity index (χ3v) is 8.03.